The van der Waals surface area contributed by atoms with Crippen LogP contribution in [0.2, 0.25) is 0 Å². The quantitative estimate of drug-likeness (QED) is 0.712. The fraction of sp³-hybridized carbons (Fsp3) is 0.571. The van der Waals surface area contributed by atoms with E-state index in [2.05, 4.69) is 17.1 Å². The zero-order valence-corrected chi connectivity index (χ0v) is 18.6. The van der Waals surface area contributed by atoms with Crippen molar-refractivity contribution in [2.75, 3.05) is 32.7 Å². The number of rotatable bonds is 8. The molecule has 29 heavy (non-hydrogen) atoms. The van der Waals surface area contributed by atoms with Gasteiger partial charge in [0.15, 0.2) is 0 Å². The van der Waals surface area contributed by atoms with Gasteiger partial charge < -0.3 is 9.88 Å². The van der Waals surface area contributed by atoms with Gasteiger partial charge in [-0.25, -0.2) is 8.42 Å². The Bertz CT molecular complexity index is 979. The van der Waals surface area contributed by atoms with Crippen LogP contribution in [0.4, 0.5) is 0 Å². The minimum Gasteiger partial charge on any atom is -0.349 e. The second kappa shape index (κ2) is 8.85. The molecule has 1 aliphatic heterocycles. The van der Waals surface area contributed by atoms with E-state index in [0.29, 0.717) is 31.4 Å². The average Bonchev–Trinajstić information content (AvgIpc) is 3.30. The summed E-state index contributed by atoms with van der Waals surface area (Å²) in [5.41, 5.74) is 1.38. The van der Waals surface area contributed by atoms with Crippen LogP contribution in [0.25, 0.3) is 10.9 Å². The molecule has 3 rings (SSSR count). The number of carbonyl (C=O) groups excluding carboxylic acids is 1. The summed E-state index contributed by atoms with van der Waals surface area (Å²) in [6.45, 7) is 9.38. The number of hydrogen-bond acceptors (Lipinski definition) is 4. The summed E-state index contributed by atoms with van der Waals surface area (Å²) >= 11 is 0. The van der Waals surface area contributed by atoms with Gasteiger partial charge in [0.05, 0.1) is 4.90 Å². The van der Waals surface area contributed by atoms with Crippen molar-refractivity contribution in [2.24, 2.45) is 7.05 Å². The van der Waals surface area contributed by atoms with Gasteiger partial charge in [0.2, 0.25) is 10.0 Å². The molecule has 1 atom stereocenters. The van der Waals surface area contributed by atoms with Gasteiger partial charge >= 0.3 is 0 Å². The maximum Gasteiger partial charge on any atom is 0.267 e. The molecule has 0 saturated carbocycles. The maximum atomic E-state index is 12.8. The Balaban J connectivity index is 1.83. The number of likely N-dealkylation sites (N-methyl/N-ethyl adjacent to an activating group) is 1. The van der Waals surface area contributed by atoms with Crippen LogP contribution in [-0.2, 0) is 17.1 Å². The van der Waals surface area contributed by atoms with E-state index >= 15 is 0 Å². The number of nitrogens with zero attached hydrogens (tertiary/aromatic N) is 3. The molecule has 8 heteroatoms. The number of amides is 1. The third-order valence-corrected chi connectivity index (χ3v) is 8.04. The standard InChI is InChI=1S/C21H32N4O3S/c1-5-24-12-8-9-17(24)15-22-21(26)20-14-16-13-18(10-11-19(16)23(20)4)29(27,28)25(6-2)7-3/h10-11,13-14,17H,5-9,12,15H2,1-4H3,(H,22,26)/t17-/m1/s1. The molecule has 1 saturated heterocycles. The van der Waals surface area contributed by atoms with Crippen molar-refractivity contribution in [3.05, 3.63) is 30.0 Å². The first-order chi connectivity index (χ1) is 13.8. The van der Waals surface area contributed by atoms with Gasteiger partial charge in [-0.3, -0.25) is 9.69 Å². The Morgan fingerprint density at radius 2 is 1.93 bits per heavy atom. The zero-order valence-electron chi connectivity index (χ0n) is 17.8. The van der Waals surface area contributed by atoms with Crippen LogP contribution >= 0.6 is 0 Å². The molecular formula is C21H32N4O3S. The summed E-state index contributed by atoms with van der Waals surface area (Å²) in [5, 5.41) is 3.81. The highest BCUT2D eigenvalue weighted by molar-refractivity contribution is 7.89. The molecule has 0 aliphatic carbocycles. The molecule has 2 heterocycles. The average molecular weight is 421 g/mol. The Labute approximate surface area is 173 Å². The molecule has 160 valence electrons. The fourth-order valence-corrected chi connectivity index (χ4v) is 5.76. The number of sulfonamides is 1. The van der Waals surface area contributed by atoms with Crippen LogP contribution in [0.15, 0.2) is 29.2 Å². The Hall–Kier alpha value is -1.90. The SMILES string of the molecule is CCN1CCC[C@@H]1CNC(=O)c1cc2cc(S(=O)(=O)N(CC)CC)ccc2n1C. The summed E-state index contributed by atoms with van der Waals surface area (Å²) in [4.78, 5) is 15.4. The second-order valence-electron chi connectivity index (χ2n) is 7.53. The largest absolute Gasteiger partial charge is 0.349 e. The van der Waals surface area contributed by atoms with Gasteiger partial charge in [0, 0.05) is 43.6 Å². The van der Waals surface area contributed by atoms with Crippen molar-refractivity contribution in [3.63, 3.8) is 0 Å². The molecule has 0 bridgehead atoms. The third kappa shape index (κ3) is 4.20. The molecule has 1 aromatic heterocycles. The molecule has 2 aromatic rings. The molecule has 0 spiro atoms. The molecule has 1 amide bonds. The molecule has 1 N–H and O–H groups in total. The normalized spacial score (nSPS) is 18.0. The first kappa shape index (κ1) is 21.8. The van der Waals surface area contributed by atoms with Gasteiger partial charge in [0.25, 0.3) is 5.91 Å². The molecule has 1 aromatic carbocycles. The number of nitrogens with one attached hydrogen (secondary N) is 1. The molecule has 1 aliphatic rings. The smallest absolute Gasteiger partial charge is 0.267 e. The molecule has 0 unspecified atom stereocenters. The zero-order chi connectivity index (χ0) is 21.2. The van der Waals surface area contributed by atoms with Gasteiger partial charge in [-0.05, 0) is 50.2 Å². The molecule has 7 nitrogen and oxygen atoms in total. The van der Waals surface area contributed by atoms with Gasteiger partial charge in [0.1, 0.15) is 5.69 Å². The predicted molar refractivity (Wildman–Crippen MR) is 116 cm³/mol. The van der Waals surface area contributed by atoms with Crippen molar-refractivity contribution >= 4 is 26.8 Å². The summed E-state index contributed by atoms with van der Waals surface area (Å²) in [6, 6.07) is 7.23. The van der Waals surface area contributed by atoms with Crippen LogP contribution in [0, 0.1) is 0 Å². The first-order valence-electron chi connectivity index (χ1n) is 10.4. The van der Waals surface area contributed by atoms with Crippen molar-refractivity contribution in [1.29, 1.82) is 0 Å². The Morgan fingerprint density at radius 3 is 2.59 bits per heavy atom. The molecule has 1 fully saturated rings. The number of hydrogen-bond donors (Lipinski definition) is 1. The van der Waals surface area contributed by atoms with Crippen LogP contribution in [0.3, 0.4) is 0 Å². The van der Waals surface area contributed by atoms with Crippen molar-refractivity contribution in [2.45, 2.75) is 44.6 Å². The van der Waals surface area contributed by atoms with Crippen LogP contribution in [0.1, 0.15) is 44.1 Å². The summed E-state index contributed by atoms with van der Waals surface area (Å²) in [6.07, 6.45) is 2.28. The molecule has 0 radical (unpaired) electrons. The lowest BCUT2D eigenvalue weighted by Gasteiger charge is -2.22. The number of aromatic nitrogens is 1. The number of benzene rings is 1. The van der Waals surface area contributed by atoms with E-state index in [1.54, 1.807) is 24.3 Å². The van der Waals surface area contributed by atoms with E-state index in [1.165, 1.54) is 10.7 Å². The Morgan fingerprint density at radius 1 is 1.21 bits per heavy atom. The summed E-state index contributed by atoms with van der Waals surface area (Å²) in [5.74, 6) is -0.125. The summed E-state index contributed by atoms with van der Waals surface area (Å²) < 4.78 is 28.9. The molecular weight excluding hydrogens is 388 g/mol. The van der Waals surface area contributed by atoms with E-state index < -0.39 is 10.0 Å². The van der Waals surface area contributed by atoms with E-state index in [1.807, 2.05) is 25.5 Å². The topological polar surface area (TPSA) is 74.7 Å². The van der Waals surface area contributed by atoms with Gasteiger partial charge in [-0.15, -0.1) is 0 Å². The number of carbonyl (C=O) groups is 1. The maximum absolute atomic E-state index is 12.8. The first-order valence-corrected chi connectivity index (χ1v) is 11.9. The minimum absolute atomic E-state index is 0.125. The van der Waals surface area contributed by atoms with Crippen LogP contribution < -0.4 is 5.32 Å². The highest BCUT2D eigenvalue weighted by atomic mass is 32.2. The number of aryl methyl sites for hydroxylation is 1. The van der Waals surface area contributed by atoms with E-state index in [0.717, 1.165) is 30.4 Å². The number of fused-ring (bicyclic) bond motifs is 1. The van der Waals surface area contributed by atoms with E-state index in [9.17, 15) is 13.2 Å². The number of likely N-dealkylation sites (tertiary alicyclic amines) is 1. The van der Waals surface area contributed by atoms with Crippen molar-refractivity contribution in [1.82, 2.24) is 19.1 Å². The monoisotopic (exact) mass is 420 g/mol. The highest BCUT2D eigenvalue weighted by Gasteiger charge is 2.25. The lowest BCUT2D eigenvalue weighted by Crippen LogP contribution is -2.40. The van der Waals surface area contributed by atoms with E-state index in [-0.39, 0.29) is 10.8 Å². The lowest BCUT2D eigenvalue weighted by molar-refractivity contribution is 0.0933. The third-order valence-electron chi connectivity index (χ3n) is 5.99. The van der Waals surface area contributed by atoms with Crippen LogP contribution in [0.5, 0.6) is 0 Å². The highest BCUT2D eigenvalue weighted by Crippen LogP contribution is 2.25. The fourth-order valence-electron chi connectivity index (χ4n) is 4.26. The van der Waals surface area contributed by atoms with Gasteiger partial charge in [-0.1, -0.05) is 20.8 Å². The second-order valence-corrected chi connectivity index (χ2v) is 9.47. The van der Waals surface area contributed by atoms with Gasteiger partial charge in [-0.2, -0.15) is 4.31 Å². The predicted octanol–water partition coefficient (Wildman–Crippen LogP) is 2.42. The summed E-state index contributed by atoms with van der Waals surface area (Å²) in [7, 11) is -1.69. The lowest BCUT2D eigenvalue weighted by atomic mass is 10.2. The minimum atomic E-state index is -3.53. The van der Waals surface area contributed by atoms with Crippen molar-refractivity contribution in [3.8, 4) is 0 Å². The van der Waals surface area contributed by atoms with E-state index in [4.69, 9.17) is 0 Å². The van der Waals surface area contributed by atoms with Crippen molar-refractivity contribution < 1.29 is 13.2 Å². The Kier molecular flexibility index (Phi) is 6.65. The van der Waals surface area contributed by atoms with Crippen LogP contribution in [-0.4, -0.2) is 66.9 Å².